The number of carbonyl (C=O) groups excluding carboxylic acids is 2. The van der Waals surface area contributed by atoms with Crippen LogP contribution in [0.15, 0.2) is 0 Å². The number of hydrogen-bond acceptors (Lipinski definition) is 3. The highest BCUT2D eigenvalue weighted by molar-refractivity contribution is 5.90. The van der Waals surface area contributed by atoms with Gasteiger partial charge in [-0.15, -0.1) is 0 Å². The number of ether oxygens (including phenoxy) is 1. The molecule has 0 aromatic rings. The van der Waals surface area contributed by atoms with Crippen LogP contribution in [0.3, 0.4) is 0 Å². The number of rotatable bonds is 12. The molecule has 31 heavy (non-hydrogen) atoms. The van der Waals surface area contributed by atoms with Crippen LogP contribution in [0.25, 0.3) is 0 Å². The van der Waals surface area contributed by atoms with Gasteiger partial charge in [0.2, 0.25) is 0 Å². The van der Waals surface area contributed by atoms with E-state index in [9.17, 15) is 9.59 Å². The lowest BCUT2D eigenvalue weighted by molar-refractivity contribution is -0.130. The van der Waals surface area contributed by atoms with Crippen molar-refractivity contribution in [1.29, 1.82) is 0 Å². The van der Waals surface area contributed by atoms with Crippen molar-refractivity contribution in [2.45, 2.75) is 118 Å². The fraction of sp³-hybridized carbons (Fsp3) is 0.929. The first-order chi connectivity index (χ1) is 14.7. The van der Waals surface area contributed by atoms with Gasteiger partial charge in [0, 0.05) is 36.9 Å². The molecule has 4 aliphatic carbocycles. The number of hydrogen-bond donors (Lipinski definition) is 0. The first-order valence-corrected chi connectivity index (χ1v) is 13.3. The lowest BCUT2D eigenvalue weighted by Crippen LogP contribution is -2.35. The van der Waals surface area contributed by atoms with Crippen LogP contribution in [0.4, 0.5) is 0 Å². The van der Waals surface area contributed by atoms with Gasteiger partial charge in [0.1, 0.15) is 11.6 Å². The average Bonchev–Trinajstić information content (AvgIpc) is 3.25. The van der Waals surface area contributed by atoms with E-state index in [1.165, 1.54) is 25.7 Å². The Morgan fingerprint density at radius 1 is 0.677 bits per heavy atom. The summed E-state index contributed by atoms with van der Waals surface area (Å²) in [6.07, 6.45) is 15.5. The van der Waals surface area contributed by atoms with E-state index in [-0.39, 0.29) is 21.7 Å². The zero-order valence-corrected chi connectivity index (χ0v) is 20.7. The third kappa shape index (κ3) is 3.65. The maximum atomic E-state index is 12.6. The molecule has 0 amide bonds. The van der Waals surface area contributed by atoms with Crippen molar-refractivity contribution in [1.82, 2.24) is 0 Å². The predicted molar refractivity (Wildman–Crippen MR) is 125 cm³/mol. The number of ketones is 2. The Labute approximate surface area is 190 Å². The Morgan fingerprint density at radius 3 is 1.42 bits per heavy atom. The quantitative estimate of drug-likeness (QED) is 0.316. The first kappa shape index (κ1) is 23.5. The molecule has 4 aliphatic rings. The summed E-state index contributed by atoms with van der Waals surface area (Å²) in [5.74, 6) is 2.38. The molecule has 0 aromatic heterocycles. The molecule has 0 radical (unpaired) electrons. The maximum absolute atomic E-state index is 12.6. The molecule has 0 aromatic carbocycles. The minimum absolute atomic E-state index is 0.00731. The summed E-state index contributed by atoms with van der Waals surface area (Å²) in [6.45, 7) is 11.1. The normalized spacial score (nSPS) is 37.3. The van der Waals surface area contributed by atoms with E-state index in [0.29, 0.717) is 23.4 Å². The smallest absolute Gasteiger partial charge is 0.139 e. The van der Waals surface area contributed by atoms with Crippen LogP contribution in [0.2, 0.25) is 0 Å². The molecule has 0 aliphatic heterocycles. The van der Waals surface area contributed by atoms with Gasteiger partial charge in [0.15, 0.2) is 0 Å². The number of Topliss-reactive ketones (excluding diaryl/α,β-unsaturated/α-hetero) is 2. The van der Waals surface area contributed by atoms with E-state index >= 15 is 0 Å². The van der Waals surface area contributed by atoms with Crippen LogP contribution in [0.5, 0.6) is 0 Å². The van der Waals surface area contributed by atoms with Gasteiger partial charge in [-0.05, 0) is 74.0 Å². The molecule has 4 fully saturated rings. The van der Waals surface area contributed by atoms with E-state index in [2.05, 4.69) is 27.7 Å². The number of unbranched alkanes of at least 4 members (excludes halogenated alkanes) is 4. The summed E-state index contributed by atoms with van der Waals surface area (Å²) in [6, 6.07) is 0. The van der Waals surface area contributed by atoms with Crippen LogP contribution in [0, 0.1) is 33.5 Å². The first-order valence-electron chi connectivity index (χ1n) is 13.3. The minimum Gasteiger partial charge on any atom is -0.381 e. The molecule has 4 bridgehead atoms. The molecule has 4 unspecified atom stereocenters. The lowest BCUT2D eigenvalue weighted by Gasteiger charge is -2.36. The van der Waals surface area contributed by atoms with Crippen molar-refractivity contribution in [3.63, 3.8) is 0 Å². The monoisotopic (exact) mass is 430 g/mol. The van der Waals surface area contributed by atoms with Crippen molar-refractivity contribution in [3.8, 4) is 0 Å². The maximum Gasteiger partial charge on any atom is 0.139 e. The van der Waals surface area contributed by atoms with Crippen LogP contribution in [0.1, 0.15) is 118 Å². The Morgan fingerprint density at radius 2 is 1.10 bits per heavy atom. The van der Waals surface area contributed by atoms with Gasteiger partial charge < -0.3 is 4.74 Å². The van der Waals surface area contributed by atoms with Crippen molar-refractivity contribution >= 4 is 11.6 Å². The average molecular weight is 431 g/mol. The molecule has 4 saturated carbocycles. The predicted octanol–water partition coefficient (Wildman–Crippen LogP) is 6.91. The van der Waals surface area contributed by atoms with Crippen LogP contribution in [-0.2, 0) is 14.3 Å². The second kappa shape index (κ2) is 8.58. The molecule has 0 spiro atoms. The summed E-state index contributed by atoms with van der Waals surface area (Å²) in [7, 11) is 0. The van der Waals surface area contributed by atoms with Crippen LogP contribution < -0.4 is 0 Å². The van der Waals surface area contributed by atoms with Crippen molar-refractivity contribution < 1.29 is 14.3 Å². The van der Waals surface area contributed by atoms with Gasteiger partial charge in [0.25, 0.3) is 0 Å². The SMILES string of the molecule is CC1(C)C2CCC1(CCCCCOCCCCCC13CCC(CC1=O)C3(C)C)C(=O)C2. The Hall–Kier alpha value is -0.700. The van der Waals surface area contributed by atoms with Crippen molar-refractivity contribution in [3.05, 3.63) is 0 Å². The third-order valence-corrected chi connectivity index (χ3v) is 11.1. The molecular formula is C28H46O3. The van der Waals surface area contributed by atoms with Gasteiger partial charge in [0.05, 0.1) is 0 Å². The Bertz CT molecular complexity index is 634. The highest BCUT2D eigenvalue weighted by Gasteiger charge is 2.64. The van der Waals surface area contributed by atoms with Gasteiger partial charge in [-0.3, -0.25) is 9.59 Å². The summed E-state index contributed by atoms with van der Waals surface area (Å²) in [5.41, 5.74) is 0.426. The highest BCUT2D eigenvalue weighted by atomic mass is 16.5. The zero-order valence-electron chi connectivity index (χ0n) is 20.7. The second-order valence-corrected chi connectivity index (χ2v) is 12.6. The van der Waals surface area contributed by atoms with E-state index < -0.39 is 0 Å². The topological polar surface area (TPSA) is 43.4 Å². The van der Waals surface area contributed by atoms with Crippen LogP contribution >= 0.6 is 0 Å². The summed E-state index contributed by atoms with van der Waals surface area (Å²) < 4.78 is 5.89. The summed E-state index contributed by atoms with van der Waals surface area (Å²) in [5, 5.41) is 0. The highest BCUT2D eigenvalue weighted by Crippen LogP contribution is 2.66. The van der Waals surface area contributed by atoms with Crippen molar-refractivity contribution in [2.24, 2.45) is 33.5 Å². The molecule has 0 N–H and O–H groups in total. The number of carbonyl (C=O) groups is 2. The standard InChI is InChI=1S/C28H46O3/c1-25(2)21-11-15-27(25,23(29)19-21)13-7-5-9-17-31-18-10-6-8-14-28-16-12-22(20-24(28)30)26(28,3)4/h21-22H,5-20H2,1-4H3. The Balaban J connectivity index is 1.04. The van der Waals surface area contributed by atoms with E-state index in [0.717, 1.165) is 77.4 Å². The summed E-state index contributed by atoms with van der Waals surface area (Å²) >= 11 is 0. The molecule has 3 heteroatoms. The fourth-order valence-electron chi connectivity index (χ4n) is 8.43. The van der Waals surface area contributed by atoms with Gasteiger partial charge in [-0.1, -0.05) is 53.4 Å². The minimum atomic E-state index is -0.00731. The molecule has 4 rings (SSSR count). The number of fused-ring (bicyclic) bond motifs is 4. The molecule has 4 atom stereocenters. The molecule has 3 nitrogen and oxygen atoms in total. The molecule has 176 valence electrons. The molecule has 0 heterocycles. The molecular weight excluding hydrogens is 384 g/mol. The van der Waals surface area contributed by atoms with E-state index in [4.69, 9.17) is 4.74 Å². The molecule has 0 saturated heterocycles. The van der Waals surface area contributed by atoms with Crippen molar-refractivity contribution in [2.75, 3.05) is 13.2 Å². The van der Waals surface area contributed by atoms with E-state index in [1.807, 2.05) is 0 Å². The van der Waals surface area contributed by atoms with E-state index in [1.54, 1.807) is 0 Å². The van der Waals surface area contributed by atoms with Crippen LogP contribution in [-0.4, -0.2) is 24.8 Å². The van der Waals surface area contributed by atoms with Gasteiger partial charge in [-0.25, -0.2) is 0 Å². The largest absolute Gasteiger partial charge is 0.381 e. The van der Waals surface area contributed by atoms with Gasteiger partial charge in [-0.2, -0.15) is 0 Å². The second-order valence-electron chi connectivity index (χ2n) is 12.6. The third-order valence-electron chi connectivity index (χ3n) is 11.1. The fourth-order valence-corrected chi connectivity index (χ4v) is 8.43. The zero-order chi connectivity index (χ0) is 22.3. The summed E-state index contributed by atoms with van der Waals surface area (Å²) in [4.78, 5) is 25.2. The van der Waals surface area contributed by atoms with Gasteiger partial charge >= 0.3 is 0 Å². The lowest BCUT2D eigenvalue weighted by atomic mass is 9.66. The Kier molecular flexibility index (Phi) is 6.49.